The summed E-state index contributed by atoms with van der Waals surface area (Å²) in [5, 5.41) is 16.2. The molecule has 3 aliphatic rings. The maximum atomic E-state index is 11.6. The normalized spacial score (nSPS) is 19.1. The van der Waals surface area contributed by atoms with E-state index in [-0.39, 0.29) is 18.6 Å². The summed E-state index contributed by atoms with van der Waals surface area (Å²) >= 11 is 0. The molecule has 2 aliphatic heterocycles. The van der Waals surface area contributed by atoms with Crippen molar-refractivity contribution < 1.29 is 28.8 Å². The second-order valence-corrected chi connectivity index (χ2v) is 9.55. The maximum Gasteiger partial charge on any atom is 0.251 e. The Kier molecular flexibility index (Phi) is 7.59. The van der Waals surface area contributed by atoms with Crippen molar-refractivity contribution >= 4 is 5.91 Å². The van der Waals surface area contributed by atoms with Gasteiger partial charge in [-0.2, -0.15) is 0 Å². The number of rotatable bonds is 13. The number of fused-ring (bicyclic) bond motifs is 2. The SMILES string of the molecule is O=C1NCc2cc(OCCNCC(O)COc3ccc4c(c3)OCC(CCCC3CC3)O4)ccc21. The van der Waals surface area contributed by atoms with Crippen LogP contribution in [0.15, 0.2) is 36.4 Å². The summed E-state index contributed by atoms with van der Waals surface area (Å²) in [6, 6.07) is 11.0. The van der Waals surface area contributed by atoms with E-state index in [0.717, 1.165) is 29.4 Å². The van der Waals surface area contributed by atoms with E-state index < -0.39 is 6.10 Å². The van der Waals surface area contributed by atoms with Gasteiger partial charge in [-0.3, -0.25) is 4.79 Å². The molecule has 0 radical (unpaired) electrons. The van der Waals surface area contributed by atoms with Crippen LogP contribution in [-0.4, -0.2) is 56.1 Å². The van der Waals surface area contributed by atoms with Crippen LogP contribution in [-0.2, 0) is 6.54 Å². The monoisotopic (exact) mass is 482 g/mol. The van der Waals surface area contributed by atoms with Crippen LogP contribution in [0, 0.1) is 5.92 Å². The number of amides is 1. The van der Waals surface area contributed by atoms with E-state index in [1.165, 1.54) is 25.7 Å². The molecule has 0 bridgehead atoms. The summed E-state index contributed by atoms with van der Waals surface area (Å²) in [5.41, 5.74) is 1.66. The molecule has 1 fully saturated rings. The fourth-order valence-electron chi connectivity index (χ4n) is 4.43. The zero-order chi connectivity index (χ0) is 24.0. The number of hydrogen-bond donors (Lipinski definition) is 3. The van der Waals surface area contributed by atoms with Crippen LogP contribution in [0.25, 0.3) is 0 Å². The highest BCUT2D eigenvalue weighted by Crippen LogP contribution is 2.37. The Morgan fingerprint density at radius 3 is 2.83 bits per heavy atom. The lowest BCUT2D eigenvalue weighted by atomic mass is 10.1. The second-order valence-electron chi connectivity index (χ2n) is 9.55. The predicted octanol–water partition coefficient (Wildman–Crippen LogP) is 3.06. The lowest BCUT2D eigenvalue weighted by Crippen LogP contribution is -2.33. The topological polar surface area (TPSA) is 98.3 Å². The van der Waals surface area contributed by atoms with Gasteiger partial charge >= 0.3 is 0 Å². The minimum Gasteiger partial charge on any atom is -0.492 e. The molecule has 0 spiro atoms. The van der Waals surface area contributed by atoms with Crippen LogP contribution < -0.4 is 29.6 Å². The van der Waals surface area contributed by atoms with Crippen LogP contribution in [0.2, 0.25) is 0 Å². The Balaban J connectivity index is 0.965. The smallest absolute Gasteiger partial charge is 0.251 e. The van der Waals surface area contributed by atoms with Crippen molar-refractivity contribution in [1.82, 2.24) is 10.6 Å². The van der Waals surface area contributed by atoms with Gasteiger partial charge in [0.1, 0.15) is 43.5 Å². The molecule has 2 heterocycles. The first kappa shape index (κ1) is 23.8. The highest BCUT2D eigenvalue weighted by Gasteiger charge is 2.24. The molecule has 0 aromatic heterocycles. The molecule has 2 atom stereocenters. The molecular formula is C27H34N2O6. The van der Waals surface area contributed by atoms with Crippen molar-refractivity contribution in [3.63, 3.8) is 0 Å². The molecule has 1 aliphatic carbocycles. The van der Waals surface area contributed by atoms with Gasteiger partial charge in [-0.1, -0.05) is 19.3 Å². The van der Waals surface area contributed by atoms with Gasteiger partial charge < -0.3 is 34.7 Å². The average Bonchev–Trinajstić information content (AvgIpc) is 3.63. The Bertz CT molecular complexity index is 1020. The van der Waals surface area contributed by atoms with Crippen LogP contribution in [0.1, 0.15) is 48.0 Å². The molecular weight excluding hydrogens is 448 g/mol. The fourth-order valence-corrected chi connectivity index (χ4v) is 4.43. The van der Waals surface area contributed by atoms with Crippen LogP contribution in [0.3, 0.4) is 0 Å². The quantitative estimate of drug-likeness (QED) is 0.378. The minimum atomic E-state index is -0.656. The second kappa shape index (κ2) is 11.2. The molecule has 2 aromatic rings. The fraction of sp³-hybridized carbons (Fsp3) is 0.519. The van der Waals surface area contributed by atoms with Crippen molar-refractivity contribution in [2.45, 2.75) is 50.9 Å². The van der Waals surface area contributed by atoms with Crippen LogP contribution in [0.5, 0.6) is 23.0 Å². The summed E-state index contributed by atoms with van der Waals surface area (Å²) in [6.07, 6.45) is 5.78. The first-order valence-electron chi connectivity index (χ1n) is 12.6. The van der Waals surface area contributed by atoms with Crippen molar-refractivity contribution in [3.05, 3.63) is 47.5 Å². The molecule has 0 saturated heterocycles. The summed E-state index contributed by atoms with van der Waals surface area (Å²) in [5.74, 6) is 3.74. The Morgan fingerprint density at radius 1 is 1.09 bits per heavy atom. The number of ether oxygens (including phenoxy) is 4. The predicted molar refractivity (Wildman–Crippen MR) is 130 cm³/mol. The van der Waals surface area contributed by atoms with E-state index >= 15 is 0 Å². The first-order chi connectivity index (χ1) is 17.1. The van der Waals surface area contributed by atoms with E-state index in [4.69, 9.17) is 18.9 Å². The van der Waals surface area contributed by atoms with E-state index in [1.54, 1.807) is 12.1 Å². The van der Waals surface area contributed by atoms with E-state index in [2.05, 4.69) is 10.6 Å². The van der Waals surface area contributed by atoms with Gasteiger partial charge in [-0.25, -0.2) is 0 Å². The standard InChI is InChI=1S/C27H34N2O6/c30-20(15-28-10-11-32-21-6-8-24-19(12-21)14-29-27(24)31)16-33-22-7-9-25-26(13-22)34-17-23(35-25)3-1-2-18-4-5-18/h6-9,12-13,18,20,23,28,30H,1-5,10-11,14-17H2,(H,29,31). The van der Waals surface area contributed by atoms with Gasteiger partial charge in [-0.05, 0) is 54.7 Å². The molecule has 5 rings (SSSR count). The third kappa shape index (κ3) is 6.58. The molecule has 1 saturated carbocycles. The first-order valence-corrected chi connectivity index (χ1v) is 12.6. The lowest BCUT2D eigenvalue weighted by molar-refractivity contribution is 0.0810. The molecule has 2 unspecified atom stereocenters. The number of aliphatic hydroxyl groups is 1. The number of carbonyl (C=O) groups excluding carboxylic acids is 1. The Labute approximate surface area is 205 Å². The zero-order valence-electron chi connectivity index (χ0n) is 20.0. The molecule has 3 N–H and O–H groups in total. The number of nitrogens with one attached hydrogen (secondary N) is 2. The third-order valence-electron chi connectivity index (χ3n) is 6.60. The largest absolute Gasteiger partial charge is 0.492 e. The number of hydrogen-bond acceptors (Lipinski definition) is 7. The molecule has 2 aromatic carbocycles. The van der Waals surface area contributed by atoms with Gasteiger partial charge in [0, 0.05) is 31.3 Å². The molecule has 8 heteroatoms. The highest BCUT2D eigenvalue weighted by atomic mass is 16.6. The highest BCUT2D eigenvalue weighted by molar-refractivity contribution is 5.98. The van der Waals surface area contributed by atoms with Crippen molar-refractivity contribution in [2.75, 3.05) is 32.9 Å². The lowest BCUT2D eigenvalue weighted by Gasteiger charge is -2.27. The van der Waals surface area contributed by atoms with Crippen molar-refractivity contribution in [3.8, 4) is 23.0 Å². The number of benzene rings is 2. The van der Waals surface area contributed by atoms with Gasteiger partial charge in [-0.15, -0.1) is 0 Å². The van der Waals surface area contributed by atoms with Gasteiger partial charge in [0.05, 0.1) is 0 Å². The van der Waals surface area contributed by atoms with Crippen molar-refractivity contribution in [2.24, 2.45) is 5.92 Å². The summed E-state index contributed by atoms with van der Waals surface area (Å²) in [6.45, 7) is 2.70. The van der Waals surface area contributed by atoms with Gasteiger partial charge in [0.15, 0.2) is 11.5 Å². The summed E-state index contributed by atoms with van der Waals surface area (Å²) in [4.78, 5) is 11.6. The molecule has 35 heavy (non-hydrogen) atoms. The van der Waals surface area contributed by atoms with Crippen LogP contribution in [0.4, 0.5) is 0 Å². The third-order valence-corrected chi connectivity index (χ3v) is 6.60. The average molecular weight is 483 g/mol. The van der Waals surface area contributed by atoms with E-state index in [0.29, 0.717) is 49.9 Å². The number of carbonyl (C=O) groups is 1. The van der Waals surface area contributed by atoms with Gasteiger partial charge in [0.2, 0.25) is 0 Å². The molecule has 1 amide bonds. The van der Waals surface area contributed by atoms with E-state index in [1.807, 2.05) is 24.3 Å². The van der Waals surface area contributed by atoms with Crippen molar-refractivity contribution in [1.29, 1.82) is 0 Å². The summed E-state index contributed by atoms with van der Waals surface area (Å²) in [7, 11) is 0. The molecule has 8 nitrogen and oxygen atoms in total. The van der Waals surface area contributed by atoms with Gasteiger partial charge in [0.25, 0.3) is 5.91 Å². The number of aliphatic hydroxyl groups excluding tert-OH is 1. The van der Waals surface area contributed by atoms with Crippen LogP contribution >= 0.6 is 0 Å². The summed E-state index contributed by atoms with van der Waals surface area (Å²) < 4.78 is 23.5. The Hall–Kier alpha value is -2.97. The maximum absolute atomic E-state index is 11.6. The molecule has 188 valence electrons. The zero-order valence-corrected chi connectivity index (χ0v) is 20.0. The Morgan fingerprint density at radius 2 is 1.94 bits per heavy atom. The minimum absolute atomic E-state index is 0.0382. The van der Waals surface area contributed by atoms with E-state index in [9.17, 15) is 9.90 Å².